The fourth-order valence-corrected chi connectivity index (χ4v) is 5.06. The van der Waals surface area contributed by atoms with Crippen molar-refractivity contribution in [3.05, 3.63) is 87.0 Å². The number of aromatic nitrogens is 5. The van der Waals surface area contributed by atoms with Crippen molar-refractivity contribution in [1.82, 2.24) is 30.1 Å². The number of hydrogen-bond donors (Lipinski definition) is 1. The number of nitrogens with one attached hydrogen (secondary N) is 1. The van der Waals surface area contributed by atoms with Crippen LogP contribution in [0.1, 0.15) is 53.8 Å². The molecule has 0 bridgehead atoms. The molecule has 1 saturated carbocycles. The Balaban J connectivity index is 1.38. The molecule has 2 heterocycles. The van der Waals surface area contributed by atoms with Crippen molar-refractivity contribution in [1.29, 1.82) is 0 Å². The third-order valence-corrected chi connectivity index (χ3v) is 7.25. The maximum Gasteiger partial charge on any atom is 0.252 e. The maximum absolute atomic E-state index is 13.0. The summed E-state index contributed by atoms with van der Waals surface area (Å²) in [5, 5.41) is 13.7. The summed E-state index contributed by atoms with van der Waals surface area (Å²) in [7, 11) is 0. The summed E-state index contributed by atoms with van der Waals surface area (Å²) in [6, 6.07) is 17.1. The topological polar surface area (TPSA) is 79.7 Å². The average Bonchev–Trinajstić information content (AvgIpc) is 3.54. The molecule has 7 heteroatoms. The predicted molar refractivity (Wildman–Crippen MR) is 134 cm³/mol. The zero-order valence-corrected chi connectivity index (χ0v) is 20.0. The van der Waals surface area contributed by atoms with Crippen molar-refractivity contribution in [2.75, 3.05) is 0 Å². The van der Waals surface area contributed by atoms with E-state index in [4.69, 9.17) is 0 Å². The number of fused-ring (bicyclic) bond motifs is 1. The van der Waals surface area contributed by atoms with Crippen molar-refractivity contribution in [3.63, 3.8) is 0 Å². The molecular weight excluding hydrogens is 424 g/mol. The van der Waals surface area contributed by atoms with Gasteiger partial charge in [0.15, 0.2) is 5.82 Å². The Morgan fingerprint density at radius 1 is 1.06 bits per heavy atom. The van der Waals surface area contributed by atoms with Crippen LogP contribution in [0.2, 0.25) is 0 Å². The highest BCUT2D eigenvalue weighted by molar-refractivity contribution is 5.83. The van der Waals surface area contributed by atoms with Crippen LogP contribution in [-0.2, 0) is 26.1 Å². The molecule has 4 aromatic rings. The largest absolute Gasteiger partial charge is 0.321 e. The highest BCUT2D eigenvalue weighted by Gasteiger charge is 2.25. The molecule has 1 aliphatic carbocycles. The smallest absolute Gasteiger partial charge is 0.252 e. The van der Waals surface area contributed by atoms with Gasteiger partial charge in [-0.3, -0.25) is 9.69 Å². The Morgan fingerprint density at radius 2 is 1.85 bits per heavy atom. The van der Waals surface area contributed by atoms with Gasteiger partial charge >= 0.3 is 0 Å². The van der Waals surface area contributed by atoms with Gasteiger partial charge in [-0.15, -0.1) is 5.10 Å². The molecule has 176 valence electrons. The second kappa shape index (κ2) is 9.89. The summed E-state index contributed by atoms with van der Waals surface area (Å²) in [6.07, 6.45) is 5.63. The monoisotopic (exact) mass is 456 g/mol. The van der Waals surface area contributed by atoms with Gasteiger partial charge in [0.05, 0.1) is 12.1 Å². The van der Waals surface area contributed by atoms with E-state index < -0.39 is 0 Å². The van der Waals surface area contributed by atoms with Gasteiger partial charge in [-0.05, 0) is 71.7 Å². The van der Waals surface area contributed by atoms with E-state index in [-0.39, 0.29) is 5.56 Å². The van der Waals surface area contributed by atoms with Gasteiger partial charge < -0.3 is 4.98 Å². The summed E-state index contributed by atoms with van der Waals surface area (Å²) in [5.74, 6) is 0.853. The van der Waals surface area contributed by atoms with Crippen molar-refractivity contribution >= 4 is 10.9 Å². The number of nitrogens with zero attached hydrogens (tertiary/aromatic N) is 5. The van der Waals surface area contributed by atoms with E-state index >= 15 is 0 Å². The summed E-state index contributed by atoms with van der Waals surface area (Å²) in [4.78, 5) is 18.6. The van der Waals surface area contributed by atoms with Crippen molar-refractivity contribution in [2.24, 2.45) is 0 Å². The normalized spacial score (nSPS) is 14.4. The maximum atomic E-state index is 13.0. The van der Waals surface area contributed by atoms with Gasteiger partial charge in [0.25, 0.3) is 5.56 Å². The van der Waals surface area contributed by atoms with E-state index in [9.17, 15) is 4.79 Å². The summed E-state index contributed by atoms with van der Waals surface area (Å²) in [6.45, 7) is 6.10. The minimum atomic E-state index is -0.00661. The Morgan fingerprint density at radius 3 is 2.65 bits per heavy atom. The number of hydrogen-bond acceptors (Lipinski definition) is 5. The Labute approximate surface area is 199 Å². The molecule has 7 nitrogen and oxygen atoms in total. The van der Waals surface area contributed by atoms with Crippen LogP contribution in [0.25, 0.3) is 10.9 Å². The average molecular weight is 457 g/mol. The first-order chi connectivity index (χ1) is 16.6. The molecule has 5 rings (SSSR count). The van der Waals surface area contributed by atoms with Crippen LogP contribution in [0.5, 0.6) is 0 Å². The second-order valence-electron chi connectivity index (χ2n) is 9.49. The lowest BCUT2D eigenvalue weighted by Crippen LogP contribution is -2.35. The summed E-state index contributed by atoms with van der Waals surface area (Å²) in [5.41, 5.74) is 5.31. The number of aryl methyl sites for hydroxylation is 4. The van der Waals surface area contributed by atoms with Gasteiger partial charge in [0.2, 0.25) is 0 Å². The zero-order valence-electron chi connectivity index (χ0n) is 20.0. The molecular formula is C27H32N6O. The number of tetrazole rings is 1. The second-order valence-corrected chi connectivity index (χ2v) is 9.49. The number of aromatic amines is 1. The Hall–Kier alpha value is -3.32. The van der Waals surface area contributed by atoms with Gasteiger partial charge in [0, 0.05) is 24.7 Å². The van der Waals surface area contributed by atoms with Crippen LogP contribution in [0.3, 0.4) is 0 Å². The van der Waals surface area contributed by atoms with Gasteiger partial charge in [-0.1, -0.05) is 55.3 Å². The molecule has 34 heavy (non-hydrogen) atoms. The number of H-pyrrole nitrogens is 1. The lowest BCUT2D eigenvalue weighted by molar-refractivity contribution is 0.172. The number of benzene rings is 2. The van der Waals surface area contributed by atoms with E-state index in [2.05, 4.69) is 81.7 Å². The predicted octanol–water partition coefficient (Wildman–Crippen LogP) is 4.32. The van der Waals surface area contributed by atoms with E-state index in [0.717, 1.165) is 53.7 Å². The van der Waals surface area contributed by atoms with Crippen molar-refractivity contribution < 1.29 is 0 Å². The van der Waals surface area contributed by atoms with Crippen molar-refractivity contribution in [3.8, 4) is 0 Å². The minimum absolute atomic E-state index is 0.00661. The molecule has 1 N–H and O–H groups in total. The SMILES string of the molecule is Cc1ccc2cc(CN(Cc3nnnn3CCc3ccccc3)C3CCCC3)c(=O)[nH]c2c1C. The molecule has 0 radical (unpaired) electrons. The third kappa shape index (κ3) is 4.80. The highest BCUT2D eigenvalue weighted by Crippen LogP contribution is 2.27. The molecule has 0 atom stereocenters. The Kier molecular flexibility index (Phi) is 6.54. The Bertz CT molecular complexity index is 1320. The van der Waals surface area contributed by atoms with E-state index in [1.165, 1.54) is 24.0 Å². The quantitative estimate of drug-likeness (QED) is 0.427. The number of pyridine rings is 1. The molecule has 0 spiro atoms. The van der Waals surface area contributed by atoms with Gasteiger partial charge in [-0.25, -0.2) is 4.68 Å². The number of rotatable bonds is 8. The standard InChI is InChI=1S/C27H32N6O/c1-19-12-13-22-16-23(27(34)28-26(22)20(19)2)17-32(24-10-6-7-11-24)18-25-29-30-31-33(25)15-14-21-8-4-3-5-9-21/h3-5,8-9,12-13,16,24H,6-7,10-11,14-15,17-18H2,1-2H3,(H,28,34). The zero-order chi connectivity index (χ0) is 23.5. The molecule has 0 amide bonds. The molecule has 2 aromatic heterocycles. The van der Waals surface area contributed by atoms with Crippen LogP contribution >= 0.6 is 0 Å². The first-order valence-corrected chi connectivity index (χ1v) is 12.2. The third-order valence-electron chi connectivity index (χ3n) is 7.25. The molecule has 2 aromatic carbocycles. The summed E-state index contributed by atoms with van der Waals surface area (Å²) >= 11 is 0. The van der Waals surface area contributed by atoms with Crippen LogP contribution in [0.15, 0.2) is 53.3 Å². The summed E-state index contributed by atoms with van der Waals surface area (Å²) < 4.78 is 1.91. The molecule has 1 fully saturated rings. The van der Waals surface area contributed by atoms with E-state index in [1.54, 1.807) is 0 Å². The fourth-order valence-electron chi connectivity index (χ4n) is 5.06. The molecule has 1 aliphatic rings. The van der Waals surface area contributed by atoms with E-state index in [0.29, 0.717) is 19.1 Å². The van der Waals surface area contributed by atoms with Crippen LogP contribution in [-0.4, -0.2) is 36.1 Å². The lowest BCUT2D eigenvalue weighted by Gasteiger charge is -2.28. The molecule has 0 saturated heterocycles. The van der Waals surface area contributed by atoms with Crippen molar-refractivity contribution in [2.45, 2.75) is 71.6 Å². The van der Waals surface area contributed by atoms with Gasteiger partial charge in [0.1, 0.15) is 0 Å². The molecule has 0 aliphatic heterocycles. The first-order valence-electron chi connectivity index (χ1n) is 12.2. The lowest BCUT2D eigenvalue weighted by atomic mass is 10.0. The van der Waals surface area contributed by atoms with Gasteiger partial charge in [-0.2, -0.15) is 0 Å². The first kappa shape index (κ1) is 22.5. The fraction of sp³-hybridized carbons (Fsp3) is 0.407. The van der Waals surface area contributed by atoms with Crippen LogP contribution in [0, 0.1) is 13.8 Å². The van der Waals surface area contributed by atoms with Crippen LogP contribution in [0.4, 0.5) is 0 Å². The van der Waals surface area contributed by atoms with Crippen LogP contribution < -0.4 is 5.56 Å². The molecule has 0 unspecified atom stereocenters. The minimum Gasteiger partial charge on any atom is -0.321 e. The van der Waals surface area contributed by atoms with E-state index in [1.807, 2.05) is 10.7 Å². The highest BCUT2D eigenvalue weighted by atomic mass is 16.1.